The van der Waals surface area contributed by atoms with Crippen LogP contribution in [0.25, 0.3) is 10.1 Å². The van der Waals surface area contributed by atoms with Crippen molar-refractivity contribution in [1.29, 1.82) is 0 Å². The average molecular weight is 781 g/mol. The third-order valence-corrected chi connectivity index (χ3v) is 9.55. The van der Waals surface area contributed by atoms with Crippen LogP contribution in [-0.2, 0) is 25.5 Å². The van der Waals surface area contributed by atoms with Crippen LogP contribution in [0.5, 0.6) is 5.75 Å². The first kappa shape index (κ1) is 41.6. The van der Waals surface area contributed by atoms with Crippen molar-refractivity contribution in [2.75, 3.05) is 58.0 Å². The number of piperidine rings is 1. The lowest BCUT2D eigenvalue weighted by Gasteiger charge is -2.33. The number of benzene rings is 2. The topological polar surface area (TPSA) is 155 Å². The lowest BCUT2D eigenvalue weighted by atomic mass is 10.0. The minimum absolute atomic E-state index is 0.00383. The number of primary amides is 1. The van der Waals surface area contributed by atoms with Gasteiger partial charge in [0.05, 0.1) is 47.6 Å². The molecule has 0 bridgehead atoms. The Morgan fingerprint density at radius 3 is 2.44 bits per heavy atom. The standard InChI is InChI=1S/C36H41F5N6O6S/c1-46(2)20-31(49)47-16-13-22(14-17-47)44-26-7-4-6-23-24(19-36(39,40)41)29(54-32(23)26)8-5-15-43-25-10-9-21(18-28(25)53-35(37)38)33(50)45-27(34(51)52-3)11-12-30(42)48/h4,6-7,9-10,18,22,27,35,43-44H,11-17,19-20H2,1-3H3,(H2,42,48)(H,45,50). The number of rotatable bonds is 15. The van der Waals surface area contributed by atoms with Crippen molar-refractivity contribution in [3.05, 3.63) is 52.4 Å². The number of nitrogens with two attached hydrogens (primary N) is 1. The molecule has 5 N–H and O–H groups in total. The van der Waals surface area contributed by atoms with E-state index in [9.17, 15) is 41.1 Å². The summed E-state index contributed by atoms with van der Waals surface area (Å²) in [5.74, 6) is 2.76. The van der Waals surface area contributed by atoms with Gasteiger partial charge in [0, 0.05) is 31.1 Å². The molecule has 1 unspecified atom stereocenters. The van der Waals surface area contributed by atoms with Crippen molar-refractivity contribution in [2.45, 2.75) is 57.0 Å². The number of hydrogen-bond donors (Lipinski definition) is 4. The van der Waals surface area contributed by atoms with Crippen LogP contribution in [0.15, 0.2) is 36.4 Å². The predicted molar refractivity (Wildman–Crippen MR) is 194 cm³/mol. The Hall–Kier alpha value is -5.15. The molecule has 1 fully saturated rings. The number of methoxy groups -OCH3 is 1. The number of alkyl halides is 5. The van der Waals surface area contributed by atoms with Gasteiger partial charge in [0.1, 0.15) is 11.8 Å². The Balaban J connectivity index is 1.52. The molecule has 0 spiro atoms. The van der Waals surface area contributed by atoms with Crippen molar-refractivity contribution >= 4 is 56.5 Å². The zero-order chi connectivity index (χ0) is 39.6. The molecule has 1 atom stereocenters. The second kappa shape index (κ2) is 18.7. The molecule has 0 radical (unpaired) electrons. The second-order valence-corrected chi connectivity index (χ2v) is 13.7. The van der Waals surface area contributed by atoms with Gasteiger partial charge >= 0.3 is 18.8 Å². The maximum atomic E-state index is 13.8. The molecule has 0 aliphatic carbocycles. The van der Waals surface area contributed by atoms with Crippen LogP contribution in [0.4, 0.5) is 33.3 Å². The lowest BCUT2D eigenvalue weighted by molar-refractivity contribution is -0.143. The smallest absolute Gasteiger partial charge is 0.393 e. The van der Waals surface area contributed by atoms with E-state index >= 15 is 0 Å². The number of likely N-dealkylation sites (tertiary alicyclic amines) is 1. The Morgan fingerprint density at radius 1 is 1.09 bits per heavy atom. The molecule has 12 nitrogen and oxygen atoms in total. The molecule has 18 heteroatoms. The summed E-state index contributed by atoms with van der Waals surface area (Å²) in [7, 11) is 4.73. The summed E-state index contributed by atoms with van der Waals surface area (Å²) >= 11 is 1.11. The Bertz CT molecular complexity index is 1880. The normalized spacial score (nSPS) is 14.0. The van der Waals surface area contributed by atoms with E-state index in [2.05, 4.69) is 37.3 Å². The summed E-state index contributed by atoms with van der Waals surface area (Å²) in [6, 6.07) is 7.38. The highest BCUT2D eigenvalue weighted by Gasteiger charge is 2.32. The van der Waals surface area contributed by atoms with Gasteiger partial charge in [-0.3, -0.25) is 14.4 Å². The number of likely N-dealkylation sites (N-methyl/N-ethyl adjacent to an activating group) is 1. The van der Waals surface area contributed by atoms with Gasteiger partial charge in [0.25, 0.3) is 5.91 Å². The van der Waals surface area contributed by atoms with Crippen LogP contribution >= 0.6 is 11.3 Å². The number of nitrogens with one attached hydrogen (secondary N) is 3. The van der Waals surface area contributed by atoms with Gasteiger partial charge in [-0.2, -0.15) is 22.0 Å². The fourth-order valence-electron chi connectivity index (χ4n) is 5.81. The van der Waals surface area contributed by atoms with Gasteiger partial charge in [-0.05, 0) is 68.6 Å². The molecule has 3 amide bonds. The third kappa shape index (κ3) is 11.9. The first-order chi connectivity index (χ1) is 25.5. The summed E-state index contributed by atoms with van der Waals surface area (Å²) in [6.45, 7) is -2.05. The monoisotopic (exact) mass is 780 g/mol. The van der Waals surface area contributed by atoms with E-state index in [1.807, 2.05) is 19.0 Å². The molecule has 1 saturated heterocycles. The second-order valence-electron chi connectivity index (χ2n) is 12.7. The van der Waals surface area contributed by atoms with E-state index in [1.165, 1.54) is 12.1 Å². The molecule has 1 aliphatic rings. The number of esters is 1. The van der Waals surface area contributed by atoms with Crippen LogP contribution < -0.4 is 26.4 Å². The molecule has 2 heterocycles. The molecule has 4 rings (SSSR count). The summed E-state index contributed by atoms with van der Waals surface area (Å²) in [4.78, 5) is 52.4. The highest BCUT2D eigenvalue weighted by atomic mass is 32.1. The molecule has 3 aromatic rings. The number of carbonyl (C=O) groups excluding carboxylic acids is 4. The highest BCUT2D eigenvalue weighted by molar-refractivity contribution is 7.20. The number of amides is 3. The summed E-state index contributed by atoms with van der Waals surface area (Å²) in [6.07, 6.45) is -4.79. The predicted octanol–water partition coefficient (Wildman–Crippen LogP) is 4.57. The SMILES string of the molecule is COC(=O)C(CCC(N)=O)NC(=O)c1ccc(NCC#Cc2sc3c(NC4CCN(C(=O)CN(C)C)CC4)cccc3c2CC(F)(F)F)c(OC(F)F)c1. The summed E-state index contributed by atoms with van der Waals surface area (Å²) < 4.78 is 77.8. The van der Waals surface area contributed by atoms with E-state index in [1.54, 1.807) is 23.1 Å². The van der Waals surface area contributed by atoms with Crippen molar-refractivity contribution in [3.63, 3.8) is 0 Å². The van der Waals surface area contributed by atoms with Crippen LogP contribution in [-0.4, -0.2) is 106 Å². The van der Waals surface area contributed by atoms with Crippen molar-refractivity contribution in [3.8, 4) is 17.6 Å². The minimum Gasteiger partial charge on any atom is -0.467 e. The number of fused-ring (bicyclic) bond motifs is 1. The molecule has 1 aromatic heterocycles. The van der Waals surface area contributed by atoms with Crippen LogP contribution in [0.2, 0.25) is 0 Å². The fraction of sp³-hybridized carbons (Fsp3) is 0.444. The third-order valence-electron chi connectivity index (χ3n) is 8.35. The molecule has 0 saturated carbocycles. The average Bonchev–Trinajstić information content (AvgIpc) is 3.44. The highest BCUT2D eigenvalue weighted by Crippen LogP contribution is 2.39. The number of ether oxygens (including phenoxy) is 2. The number of halogens is 5. The van der Waals surface area contributed by atoms with Gasteiger partial charge in [-0.25, -0.2) is 4.79 Å². The first-order valence-electron chi connectivity index (χ1n) is 16.8. The maximum Gasteiger partial charge on any atom is 0.393 e. The Morgan fingerprint density at radius 2 is 1.81 bits per heavy atom. The van der Waals surface area contributed by atoms with Gasteiger partial charge in [-0.15, -0.1) is 11.3 Å². The van der Waals surface area contributed by atoms with Crippen LogP contribution in [0, 0.1) is 11.8 Å². The van der Waals surface area contributed by atoms with Crippen molar-refractivity contribution in [2.24, 2.45) is 5.73 Å². The van der Waals surface area contributed by atoms with Crippen LogP contribution in [0.1, 0.15) is 46.5 Å². The summed E-state index contributed by atoms with van der Waals surface area (Å²) in [5, 5.41) is 9.03. The molecular weight excluding hydrogens is 739 g/mol. The molecule has 292 valence electrons. The first-order valence-corrected chi connectivity index (χ1v) is 17.6. The van der Waals surface area contributed by atoms with Gasteiger partial charge < -0.3 is 41.0 Å². The van der Waals surface area contributed by atoms with Crippen LogP contribution in [0.3, 0.4) is 0 Å². The van der Waals surface area contributed by atoms with E-state index < -0.39 is 48.8 Å². The maximum absolute atomic E-state index is 13.8. The zero-order valence-electron chi connectivity index (χ0n) is 29.8. The number of carbonyl (C=O) groups is 4. The lowest BCUT2D eigenvalue weighted by Crippen LogP contribution is -2.45. The molecule has 1 aliphatic heterocycles. The Labute approximate surface area is 312 Å². The van der Waals surface area contributed by atoms with E-state index in [0.717, 1.165) is 24.5 Å². The van der Waals surface area contributed by atoms with E-state index in [-0.39, 0.29) is 53.0 Å². The summed E-state index contributed by atoms with van der Waals surface area (Å²) in [5.41, 5.74) is 5.65. The molecular formula is C36H41F5N6O6S. The number of thiophene rings is 1. The number of hydrogen-bond acceptors (Lipinski definition) is 10. The quantitative estimate of drug-likeness (QED) is 0.0987. The van der Waals surface area contributed by atoms with Gasteiger partial charge in [0.15, 0.2) is 0 Å². The van der Waals surface area contributed by atoms with Crippen molar-refractivity contribution < 1.29 is 50.6 Å². The zero-order valence-corrected chi connectivity index (χ0v) is 30.6. The van der Waals surface area contributed by atoms with Gasteiger partial charge in [0.2, 0.25) is 11.8 Å². The van der Waals surface area contributed by atoms with Gasteiger partial charge in [-0.1, -0.05) is 24.0 Å². The largest absolute Gasteiger partial charge is 0.467 e. The minimum atomic E-state index is -4.52. The van der Waals surface area contributed by atoms with E-state index in [4.69, 9.17) is 5.73 Å². The molecule has 54 heavy (non-hydrogen) atoms. The fourth-order valence-corrected chi connectivity index (χ4v) is 6.98. The Kier molecular flexibility index (Phi) is 14.4. The van der Waals surface area contributed by atoms with Crippen molar-refractivity contribution in [1.82, 2.24) is 15.1 Å². The molecule has 2 aromatic carbocycles. The number of anilines is 2. The van der Waals surface area contributed by atoms with E-state index in [0.29, 0.717) is 48.2 Å². The number of nitrogens with zero attached hydrogens (tertiary/aromatic N) is 2.